The SMILES string of the molecule is CC(N)C(Oc1cccc(N(C)C)c1)c1cccnc1. The lowest BCUT2D eigenvalue weighted by Gasteiger charge is -2.23. The molecule has 2 rings (SSSR count). The molecule has 4 heteroatoms. The summed E-state index contributed by atoms with van der Waals surface area (Å²) in [7, 11) is 4.01. The lowest BCUT2D eigenvalue weighted by Crippen LogP contribution is -2.29. The van der Waals surface area contributed by atoms with Crippen molar-refractivity contribution < 1.29 is 4.74 Å². The Labute approximate surface area is 120 Å². The van der Waals surface area contributed by atoms with Crippen LogP contribution < -0.4 is 15.4 Å². The summed E-state index contributed by atoms with van der Waals surface area (Å²) >= 11 is 0. The molecular weight excluding hydrogens is 250 g/mol. The lowest BCUT2D eigenvalue weighted by atomic mass is 10.1. The Morgan fingerprint density at radius 3 is 2.60 bits per heavy atom. The summed E-state index contributed by atoms with van der Waals surface area (Å²) < 4.78 is 6.06. The topological polar surface area (TPSA) is 51.4 Å². The second kappa shape index (κ2) is 6.39. The average molecular weight is 271 g/mol. The van der Waals surface area contributed by atoms with E-state index in [4.69, 9.17) is 10.5 Å². The number of ether oxygens (including phenoxy) is 1. The number of hydrogen-bond acceptors (Lipinski definition) is 4. The number of anilines is 1. The summed E-state index contributed by atoms with van der Waals surface area (Å²) in [6.45, 7) is 1.94. The van der Waals surface area contributed by atoms with E-state index in [0.29, 0.717) is 0 Å². The van der Waals surface area contributed by atoms with Crippen molar-refractivity contribution in [2.45, 2.75) is 19.1 Å². The second-order valence-corrected chi connectivity index (χ2v) is 5.08. The number of hydrogen-bond donors (Lipinski definition) is 1. The molecule has 0 aliphatic carbocycles. The van der Waals surface area contributed by atoms with Gasteiger partial charge in [0.05, 0.1) is 0 Å². The van der Waals surface area contributed by atoms with Gasteiger partial charge in [-0.3, -0.25) is 4.98 Å². The van der Waals surface area contributed by atoms with Crippen LogP contribution in [0.3, 0.4) is 0 Å². The first-order valence-electron chi connectivity index (χ1n) is 6.67. The molecule has 0 spiro atoms. The van der Waals surface area contributed by atoms with Crippen molar-refractivity contribution in [3.8, 4) is 5.75 Å². The fourth-order valence-electron chi connectivity index (χ4n) is 2.00. The van der Waals surface area contributed by atoms with Crippen molar-refractivity contribution >= 4 is 5.69 Å². The van der Waals surface area contributed by atoms with E-state index in [1.165, 1.54) is 0 Å². The molecule has 2 atom stereocenters. The van der Waals surface area contributed by atoms with E-state index in [1.807, 2.05) is 62.3 Å². The number of nitrogens with zero attached hydrogens (tertiary/aromatic N) is 2. The van der Waals surface area contributed by atoms with Crippen LogP contribution in [-0.2, 0) is 0 Å². The van der Waals surface area contributed by atoms with Gasteiger partial charge in [0.25, 0.3) is 0 Å². The van der Waals surface area contributed by atoms with E-state index in [-0.39, 0.29) is 12.1 Å². The Morgan fingerprint density at radius 2 is 2.00 bits per heavy atom. The van der Waals surface area contributed by atoms with Gasteiger partial charge in [-0.05, 0) is 25.1 Å². The minimum absolute atomic E-state index is 0.123. The number of benzene rings is 1. The van der Waals surface area contributed by atoms with E-state index in [9.17, 15) is 0 Å². The van der Waals surface area contributed by atoms with Gasteiger partial charge in [0.1, 0.15) is 11.9 Å². The largest absolute Gasteiger partial charge is 0.484 e. The third kappa shape index (κ3) is 3.48. The number of nitrogens with two attached hydrogens (primary N) is 1. The highest BCUT2D eigenvalue weighted by Gasteiger charge is 2.18. The molecule has 1 aromatic heterocycles. The smallest absolute Gasteiger partial charge is 0.140 e. The van der Waals surface area contributed by atoms with E-state index in [0.717, 1.165) is 17.0 Å². The van der Waals surface area contributed by atoms with Crippen molar-refractivity contribution in [3.05, 3.63) is 54.4 Å². The standard InChI is InChI=1S/C16H21N3O/c1-12(17)16(13-6-5-9-18-11-13)20-15-8-4-7-14(10-15)19(2)3/h4-12,16H,17H2,1-3H3. The van der Waals surface area contributed by atoms with Crippen LogP contribution in [0.5, 0.6) is 5.75 Å². The molecule has 2 N–H and O–H groups in total. The van der Waals surface area contributed by atoms with Crippen molar-refractivity contribution in [2.75, 3.05) is 19.0 Å². The maximum absolute atomic E-state index is 6.06. The molecule has 0 amide bonds. The number of pyridine rings is 1. The van der Waals surface area contributed by atoms with Gasteiger partial charge in [0, 0.05) is 49.8 Å². The van der Waals surface area contributed by atoms with Gasteiger partial charge in [-0.15, -0.1) is 0 Å². The van der Waals surface area contributed by atoms with Gasteiger partial charge in [-0.1, -0.05) is 12.1 Å². The van der Waals surface area contributed by atoms with Crippen LogP contribution in [0.2, 0.25) is 0 Å². The molecule has 0 aliphatic heterocycles. The predicted molar refractivity (Wildman–Crippen MR) is 82.0 cm³/mol. The molecule has 4 nitrogen and oxygen atoms in total. The van der Waals surface area contributed by atoms with Gasteiger partial charge in [-0.25, -0.2) is 0 Å². The predicted octanol–water partition coefficient (Wildman–Crippen LogP) is 2.61. The third-order valence-corrected chi connectivity index (χ3v) is 3.09. The molecule has 0 bridgehead atoms. The minimum atomic E-state index is -0.207. The molecule has 20 heavy (non-hydrogen) atoms. The molecule has 2 aromatic rings. The zero-order chi connectivity index (χ0) is 14.5. The maximum atomic E-state index is 6.06. The van der Waals surface area contributed by atoms with Gasteiger partial charge >= 0.3 is 0 Å². The Hall–Kier alpha value is -2.07. The zero-order valence-corrected chi connectivity index (χ0v) is 12.2. The number of aromatic nitrogens is 1. The minimum Gasteiger partial charge on any atom is -0.484 e. The highest BCUT2D eigenvalue weighted by molar-refractivity contribution is 5.49. The first-order chi connectivity index (χ1) is 9.58. The van der Waals surface area contributed by atoms with Crippen molar-refractivity contribution in [2.24, 2.45) is 5.73 Å². The normalized spacial score (nSPS) is 13.6. The summed E-state index contributed by atoms with van der Waals surface area (Å²) in [6, 6.07) is 11.7. The zero-order valence-electron chi connectivity index (χ0n) is 12.2. The Balaban J connectivity index is 2.23. The summed E-state index contributed by atoms with van der Waals surface area (Å²) in [6.07, 6.45) is 3.33. The van der Waals surface area contributed by atoms with E-state index >= 15 is 0 Å². The molecule has 2 unspecified atom stereocenters. The van der Waals surface area contributed by atoms with Crippen molar-refractivity contribution in [3.63, 3.8) is 0 Å². The summed E-state index contributed by atoms with van der Waals surface area (Å²) in [4.78, 5) is 6.17. The van der Waals surface area contributed by atoms with Crippen LogP contribution >= 0.6 is 0 Å². The quantitative estimate of drug-likeness (QED) is 0.908. The first kappa shape index (κ1) is 14.3. The van der Waals surface area contributed by atoms with Crippen molar-refractivity contribution in [1.29, 1.82) is 0 Å². The first-order valence-corrected chi connectivity index (χ1v) is 6.67. The second-order valence-electron chi connectivity index (χ2n) is 5.08. The fraction of sp³-hybridized carbons (Fsp3) is 0.312. The molecule has 0 radical (unpaired) electrons. The van der Waals surface area contributed by atoms with Crippen LogP contribution in [0.25, 0.3) is 0 Å². The molecule has 0 saturated carbocycles. The maximum Gasteiger partial charge on any atom is 0.140 e. The van der Waals surface area contributed by atoms with Crippen LogP contribution in [0.1, 0.15) is 18.6 Å². The molecular formula is C16H21N3O. The summed E-state index contributed by atoms with van der Waals surface area (Å²) in [5.41, 5.74) is 8.13. The highest BCUT2D eigenvalue weighted by Crippen LogP contribution is 2.26. The molecule has 0 fully saturated rings. The monoisotopic (exact) mass is 271 g/mol. The van der Waals surface area contributed by atoms with E-state index in [1.54, 1.807) is 12.4 Å². The van der Waals surface area contributed by atoms with Crippen LogP contribution in [0.4, 0.5) is 5.69 Å². The van der Waals surface area contributed by atoms with Crippen LogP contribution in [-0.4, -0.2) is 25.1 Å². The van der Waals surface area contributed by atoms with Gasteiger partial charge in [0.2, 0.25) is 0 Å². The highest BCUT2D eigenvalue weighted by atomic mass is 16.5. The van der Waals surface area contributed by atoms with E-state index < -0.39 is 0 Å². The fourth-order valence-corrected chi connectivity index (χ4v) is 2.00. The Kier molecular flexibility index (Phi) is 4.58. The Morgan fingerprint density at radius 1 is 1.20 bits per heavy atom. The summed E-state index contributed by atoms with van der Waals surface area (Å²) in [5.74, 6) is 0.808. The van der Waals surface area contributed by atoms with Crippen molar-refractivity contribution in [1.82, 2.24) is 4.98 Å². The third-order valence-electron chi connectivity index (χ3n) is 3.09. The van der Waals surface area contributed by atoms with Crippen LogP contribution in [0.15, 0.2) is 48.8 Å². The molecule has 1 heterocycles. The molecule has 1 aromatic carbocycles. The number of rotatable bonds is 5. The lowest BCUT2D eigenvalue weighted by molar-refractivity contribution is 0.180. The van der Waals surface area contributed by atoms with Gasteiger partial charge in [-0.2, -0.15) is 0 Å². The molecule has 0 aliphatic rings. The average Bonchev–Trinajstić information content (AvgIpc) is 2.45. The molecule has 106 valence electrons. The van der Waals surface area contributed by atoms with Crippen LogP contribution in [0, 0.1) is 0 Å². The molecule has 0 saturated heterocycles. The van der Waals surface area contributed by atoms with Gasteiger partial charge < -0.3 is 15.4 Å². The van der Waals surface area contributed by atoms with E-state index in [2.05, 4.69) is 4.98 Å². The summed E-state index contributed by atoms with van der Waals surface area (Å²) in [5, 5.41) is 0. The van der Waals surface area contributed by atoms with Gasteiger partial charge in [0.15, 0.2) is 0 Å². The Bertz CT molecular complexity index is 540.